The highest BCUT2D eigenvalue weighted by molar-refractivity contribution is 4.97. The van der Waals surface area contributed by atoms with Gasteiger partial charge in [-0.05, 0) is 6.07 Å². The van der Waals surface area contributed by atoms with Crippen LogP contribution in [0.1, 0.15) is 5.76 Å². The molecule has 0 aliphatic heterocycles. The van der Waals surface area contributed by atoms with Gasteiger partial charge in [-0.25, -0.2) is 4.79 Å². The number of rotatable bonds is 1. The summed E-state index contributed by atoms with van der Waals surface area (Å²) in [7, 11) is 0. The molecule has 48 valence electrons. The maximum atomic E-state index is 10.4. The van der Waals surface area contributed by atoms with Crippen LogP contribution in [0, 0.1) is 0 Å². The SMILES string of the molecule is O=c1cccc(CO)o1. The molecule has 0 radical (unpaired) electrons. The fourth-order valence-corrected chi connectivity index (χ4v) is 0.516. The Morgan fingerprint density at radius 1 is 1.56 bits per heavy atom. The Bertz CT molecular complexity index is 238. The van der Waals surface area contributed by atoms with Crippen molar-refractivity contribution in [3.05, 3.63) is 34.4 Å². The van der Waals surface area contributed by atoms with Crippen molar-refractivity contribution in [2.75, 3.05) is 0 Å². The van der Waals surface area contributed by atoms with Crippen LogP contribution in [0.15, 0.2) is 27.4 Å². The van der Waals surface area contributed by atoms with Crippen molar-refractivity contribution in [1.82, 2.24) is 0 Å². The zero-order valence-electron chi connectivity index (χ0n) is 4.70. The minimum atomic E-state index is -0.429. The van der Waals surface area contributed by atoms with Crippen LogP contribution in [-0.4, -0.2) is 5.11 Å². The van der Waals surface area contributed by atoms with Gasteiger partial charge in [-0.3, -0.25) is 0 Å². The highest BCUT2D eigenvalue weighted by atomic mass is 16.4. The fraction of sp³-hybridized carbons (Fsp3) is 0.167. The van der Waals surface area contributed by atoms with Crippen molar-refractivity contribution >= 4 is 0 Å². The largest absolute Gasteiger partial charge is 0.425 e. The predicted molar refractivity (Wildman–Crippen MR) is 30.9 cm³/mol. The zero-order chi connectivity index (χ0) is 6.69. The molecule has 0 aromatic carbocycles. The lowest BCUT2D eigenvalue weighted by Gasteiger charge is -1.88. The Labute approximate surface area is 51.6 Å². The summed E-state index contributed by atoms with van der Waals surface area (Å²) in [5.41, 5.74) is -0.429. The maximum Gasteiger partial charge on any atom is 0.335 e. The van der Waals surface area contributed by atoms with E-state index in [4.69, 9.17) is 5.11 Å². The molecule has 0 fully saturated rings. The smallest absolute Gasteiger partial charge is 0.335 e. The first-order valence-corrected chi connectivity index (χ1v) is 2.53. The van der Waals surface area contributed by atoms with Crippen LogP contribution in [0.5, 0.6) is 0 Å². The second kappa shape index (κ2) is 2.46. The van der Waals surface area contributed by atoms with E-state index in [9.17, 15) is 4.79 Å². The number of hydrogen-bond acceptors (Lipinski definition) is 3. The summed E-state index contributed by atoms with van der Waals surface area (Å²) in [5, 5.41) is 8.43. The van der Waals surface area contributed by atoms with Crippen LogP contribution in [-0.2, 0) is 6.61 Å². The molecule has 0 atom stereocenters. The second-order valence-electron chi connectivity index (χ2n) is 1.57. The van der Waals surface area contributed by atoms with Gasteiger partial charge in [0, 0.05) is 6.07 Å². The molecule has 9 heavy (non-hydrogen) atoms. The van der Waals surface area contributed by atoms with Gasteiger partial charge in [0.25, 0.3) is 0 Å². The zero-order valence-corrected chi connectivity index (χ0v) is 4.70. The summed E-state index contributed by atoms with van der Waals surface area (Å²) in [6.45, 7) is -0.226. The van der Waals surface area contributed by atoms with Gasteiger partial charge in [0.15, 0.2) is 0 Å². The molecule has 1 aromatic heterocycles. The van der Waals surface area contributed by atoms with Crippen molar-refractivity contribution in [1.29, 1.82) is 0 Å². The van der Waals surface area contributed by atoms with Gasteiger partial charge < -0.3 is 9.52 Å². The van der Waals surface area contributed by atoms with Crippen molar-refractivity contribution in [3.63, 3.8) is 0 Å². The quantitative estimate of drug-likeness (QED) is 0.582. The molecule has 0 unspecified atom stereocenters. The van der Waals surface area contributed by atoms with Crippen LogP contribution >= 0.6 is 0 Å². The van der Waals surface area contributed by atoms with Crippen LogP contribution in [0.4, 0.5) is 0 Å². The summed E-state index contributed by atoms with van der Waals surface area (Å²) in [4.78, 5) is 10.4. The maximum absolute atomic E-state index is 10.4. The molecule has 0 bridgehead atoms. The highest BCUT2D eigenvalue weighted by Gasteiger charge is 1.89. The third-order valence-corrected chi connectivity index (χ3v) is 0.902. The molecule has 0 spiro atoms. The molecular formula is C6H6O3. The van der Waals surface area contributed by atoms with Gasteiger partial charge in [0.05, 0.1) is 0 Å². The summed E-state index contributed by atoms with van der Waals surface area (Å²) < 4.78 is 4.52. The van der Waals surface area contributed by atoms with Crippen molar-refractivity contribution in [2.45, 2.75) is 6.61 Å². The summed E-state index contributed by atoms with van der Waals surface area (Å²) in [5.74, 6) is 0.294. The van der Waals surface area contributed by atoms with Gasteiger partial charge in [0.2, 0.25) is 0 Å². The summed E-state index contributed by atoms with van der Waals surface area (Å²) in [6, 6.07) is 4.37. The van der Waals surface area contributed by atoms with E-state index in [-0.39, 0.29) is 6.61 Å². The van der Waals surface area contributed by atoms with Gasteiger partial charge in [-0.15, -0.1) is 0 Å². The molecular weight excluding hydrogens is 120 g/mol. The van der Waals surface area contributed by atoms with Crippen LogP contribution < -0.4 is 5.63 Å². The molecule has 1 rings (SSSR count). The number of aliphatic hydroxyl groups is 1. The van der Waals surface area contributed by atoms with E-state index in [2.05, 4.69) is 4.42 Å². The molecule has 1 aromatic rings. The van der Waals surface area contributed by atoms with Crippen LogP contribution in [0.25, 0.3) is 0 Å². The molecule has 3 heteroatoms. The monoisotopic (exact) mass is 126 g/mol. The van der Waals surface area contributed by atoms with Crippen molar-refractivity contribution < 1.29 is 9.52 Å². The van der Waals surface area contributed by atoms with Gasteiger partial charge in [0.1, 0.15) is 12.4 Å². The molecule has 0 aliphatic rings. The third kappa shape index (κ3) is 1.40. The molecule has 1 heterocycles. The van der Waals surface area contributed by atoms with Gasteiger partial charge in [-0.2, -0.15) is 0 Å². The lowest BCUT2D eigenvalue weighted by molar-refractivity contribution is 0.240. The van der Waals surface area contributed by atoms with E-state index in [1.807, 2.05) is 0 Å². The predicted octanol–water partition coefficient (Wildman–Crippen LogP) is 0.132. The second-order valence-corrected chi connectivity index (χ2v) is 1.57. The van der Waals surface area contributed by atoms with Crippen molar-refractivity contribution in [3.8, 4) is 0 Å². The molecule has 0 saturated carbocycles. The topological polar surface area (TPSA) is 50.4 Å². The minimum absolute atomic E-state index is 0.226. The fourth-order valence-electron chi connectivity index (χ4n) is 0.516. The first-order chi connectivity index (χ1) is 4.33. The Kier molecular flexibility index (Phi) is 1.65. The van der Waals surface area contributed by atoms with Gasteiger partial charge in [-0.1, -0.05) is 6.07 Å². The van der Waals surface area contributed by atoms with E-state index < -0.39 is 5.63 Å². The molecule has 0 amide bonds. The molecule has 1 N–H and O–H groups in total. The van der Waals surface area contributed by atoms with E-state index >= 15 is 0 Å². The van der Waals surface area contributed by atoms with Gasteiger partial charge >= 0.3 is 5.63 Å². The Morgan fingerprint density at radius 3 is 2.78 bits per heavy atom. The summed E-state index contributed by atoms with van der Waals surface area (Å²) >= 11 is 0. The lowest BCUT2D eigenvalue weighted by Crippen LogP contribution is -1.97. The Morgan fingerprint density at radius 2 is 2.33 bits per heavy atom. The average Bonchev–Trinajstić information content (AvgIpc) is 1.88. The average molecular weight is 126 g/mol. The van der Waals surface area contributed by atoms with E-state index in [0.29, 0.717) is 5.76 Å². The Hall–Kier alpha value is -1.09. The first kappa shape index (κ1) is 6.04. The minimum Gasteiger partial charge on any atom is -0.425 e. The number of aliphatic hydroxyl groups excluding tert-OH is 1. The Balaban J connectivity index is 3.08. The molecule has 3 nitrogen and oxygen atoms in total. The highest BCUT2D eigenvalue weighted by Crippen LogP contribution is 1.91. The van der Waals surface area contributed by atoms with Crippen LogP contribution in [0.3, 0.4) is 0 Å². The van der Waals surface area contributed by atoms with E-state index in [1.54, 1.807) is 6.07 Å². The van der Waals surface area contributed by atoms with E-state index in [0.717, 1.165) is 0 Å². The summed E-state index contributed by atoms with van der Waals surface area (Å²) in [6.07, 6.45) is 0. The number of hydrogen-bond donors (Lipinski definition) is 1. The molecule has 0 saturated heterocycles. The van der Waals surface area contributed by atoms with Crippen molar-refractivity contribution in [2.24, 2.45) is 0 Å². The van der Waals surface area contributed by atoms with E-state index in [1.165, 1.54) is 12.1 Å². The standard InChI is InChI=1S/C6H6O3/c7-4-5-2-1-3-6(8)9-5/h1-3,7H,4H2. The first-order valence-electron chi connectivity index (χ1n) is 2.53. The normalized spacial score (nSPS) is 9.44. The molecule has 0 aliphatic carbocycles. The lowest BCUT2D eigenvalue weighted by atomic mass is 10.4. The third-order valence-electron chi connectivity index (χ3n) is 0.902. The van der Waals surface area contributed by atoms with Crippen LogP contribution in [0.2, 0.25) is 0 Å².